The largest absolute Gasteiger partial charge is 0.372 e. The lowest BCUT2D eigenvalue weighted by Gasteiger charge is -2.26. The summed E-state index contributed by atoms with van der Waals surface area (Å²) in [5.74, 6) is -0.0856. The predicted octanol–water partition coefficient (Wildman–Crippen LogP) is 2.60. The summed E-state index contributed by atoms with van der Waals surface area (Å²) in [6.07, 6.45) is 0.852. The smallest absolute Gasteiger partial charge is 0.250 e. The molecule has 0 saturated carbocycles. The summed E-state index contributed by atoms with van der Waals surface area (Å²) in [5.41, 5.74) is 2.31. The average Bonchev–Trinajstić information content (AvgIpc) is 2.86. The minimum atomic E-state index is -0.421. The van der Waals surface area contributed by atoms with E-state index >= 15 is 0 Å². The summed E-state index contributed by atoms with van der Waals surface area (Å²) < 4.78 is 5.09. The highest BCUT2D eigenvalue weighted by Crippen LogP contribution is 2.33. The van der Waals surface area contributed by atoms with E-state index in [9.17, 15) is 9.59 Å². The SMILES string of the molecule is CCOCC(=O)Nc1ccc2c(c1)N(C(=O)C(C)(C)C)CC2. The van der Waals surface area contributed by atoms with Crippen LogP contribution in [0.1, 0.15) is 33.3 Å². The number of hydrogen-bond donors (Lipinski definition) is 1. The third-order valence-electron chi connectivity index (χ3n) is 3.59. The van der Waals surface area contributed by atoms with Crippen molar-refractivity contribution < 1.29 is 14.3 Å². The van der Waals surface area contributed by atoms with Gasteiger partial charge in [-0.15, -0.1) is 0 Å². The molecule has 2 rings (SSSR count). The first kappa shape index (κ1) is 16.5. The van der Waals surface area contributed by atoms with Crippen LogP contribution < -0.4 is 10.2 Å². The maximum absolute atomic E-state index is 12.5. The lowest BCUT2D eigenvalue weighted by Crippen LogP contribution is -2.38. The summed E-state index contributed by atoms with van der Waals surface area (Å²) in [7, 11) is 0. The van der Waals surface area contributed by atoms with Gasteiger partial charge in [0.25, 0.3) is 0 Å². The van der Waals surface area contributed by atoms with Crippen LogP contribution >= 0.6 is 0 Å². The minimum Gasteiger partial charge on any atom is -0.372 e. The van der Waals surface area contributed by atoms with Gasteiger partial charge in [-0.3, -0.25) is 9.59 Å². The molecular weight excluding hydrogens is 280 g/mol. The van der Waals surface area contributed by atoms with Gasteiger partial charge in [-0.25, -0.2) is 0 Å². The van der Waals surface area contributed by atoms with Gasteiger partial charge in [0.1, 0.15) is 6.61 Å². The van der Waals surface area contributed by atoms with Crippen molar-refractivity contribution in [2.45, 2.75) is 34.1 Å². The highest BCUT2D eigenvalue weighted by molar-refractivity contribution is 6.00. The fourth-order valence-corrected chi connectivity index (χ4v) is 2.46. The van der Waals surface area contributed by atoms with Crippen LogP contribution in [-0.4, -0.2) is 31.6 Å². The molecule has 1 aliphatic heterocycles. The van der Waals surface area contributed by atoms with Crippen LogP contribution in [0.3, 0.4) is 0 Å². The summed E-state index contributed by atoms with van der Waals surface area (Å²) in [6.45, 7) is 8.84. The van der Waals surface area contributed by atoms with Crippen LogP contribution in [0.25, 0.3) is 0 Å². The van der Waals surface area contributed by atoms with Gasteiger partial charge in [0.05, 0.1) is 0 Å². The summed E-state index contributed by atoms with van der Waals surface area (Å²) >= 11 is 0. The van der Waals surface area contributed by atoms with Crippen LogP contribution in [0.4, 0.5) is 11.4 Å². The number of hydrogen-bond acceptors (Lipinski definition) is 3. The number of amides is 2. The van der Waals surface area contributed by atoms with E-state index in [4.69, 9.17) is 4.74 Å². The molecule has 1 aromatic carbocycles. The van der Waals surface area contributed by atoms with E-state index in [1.54, 1.807) is 0 Å². The number of rotatable bonds is 4. The van der Waals surface area contributed by atoms with Gasteiger partial charge in [-0.05, 0) is 31.0 Å². The molecule has 1 aromatic rings. The molecule has 5 heteroatoms. The number of nitrogens with one attached hydrogen (secondary N) is 1. The van der Waals surface area contributed by atoms with Crippen molar-refractivity contribution in [2.75, 3.05) is 30.0 Å². The topological polar surface area (TPSA) is 58.6 Å². The fourth-order valence-electron chi connectivity index (χ4n) is 2.46. The molecule has 0 spiro atoms. The summed E-state index contributed by atoms with van der Waals surface area (Å²) in [4.78, 5) is 26.1. The molecule has 0 bridgehead atoms. The normalized spacial score (nSPS) is 13.9. The molecule has 1 N–H and O–H groups in total. The highest BCUT2D eigenvalue weighted by Gasteiger charge is 2.32. The Kier molecular flexibility index (Phi) is 4.86. The van der Waals surface area contributed by atoms with E-state index in [1.165, 1.54) is 0 Å². The molecule has 0 aromatic heterocycles. The van der Waals surface area contributed by atoms with E-state index in [-0.39, 0.29) is 18.4 Å². The third-order valence-corrected chi connectivity index (χ3v) is 3.59. The summed E-state index contributed by atoms with van der Waals surface area (Å²) in [5, 5.41) is 2.80. The van der Waals surface area contributed by atoms with Crippen molar-refractivity contribution in [3.8, 4) is 0 Å². The Morgan fingerprint density at radius 3 is 2.68 bits per heavy atom. The molecule has 1 aliphatic rings. The lowest BCUT2D eigenvalue weighted by atomic mass is 9.94. The number of ether oxygens (including phenoxy) is 1. The van der Waals surface area contributed by atoms with Gasteiger partial charge in [0.2, 0.25) is 11.8 Å². The van der Waals surface area contributed by atoms with E-state index in [0.717, 1.165) is 17.7 Å². The highest BCUT2D eigenvalue weighted by atomic mass is 16.5. The fraction of sp³-hybridized carbons (Fsp3) is 0.529. The van der Waals surface area contributed by atoms with E-state index in [2.05, 4.69) is 5.32 Å². The van der Waals surface area contributed by atoms with Gasteiger partial charge in [0.15, 0.2) is 0 Å². The number of carbonyl (C=O) groups is 2. The van der Waals surface area contributed by atoms with Gasteiger partial charge in [0, 0.05) is 29.9 Å². The van der Waals surface area contributed by atoms with Crippen molar-refractivity contribution in [1.82, 2.24) is 0 Å². The number of benzene rings is 1. The molecule has 0 saturated heterocycles. The Hall–Kier alpha value is -1.88. The van der Waals surface area contributed by atoms with Gasteiger partial charge in [-0.2, -0.15) is 0 Å². The molecular formula is C17H24N2O3. The molecule has 120 valence electrons. The monoisotopic (exact) mass is 304 g/mol. The molecule has 0 fully saturated rings. The maximum Gasteiger partial charge on any atom is 0.250 e. The Labute approximate surface area is 131 Å². The quantitative estimate of drug-likeness (QED) is 0.930. The zero-order chi connectivity index (χ0) is 16.3. The van der Waals surface area contributed by atoms with Crippen molar-refractivity contribution in [1.29, 1.82) is 0 Å². The van der Waals surface area contributed by atoms with Crippen molar-refractivity contribution in [2.24, 2.45) is 5.41 Å². The van der Waals surface area contributed by atoms with Crippen molar-refractivity contribution in [3.05, 3.63) is 23.8 Å². The Bertz CT molecular complexity index is 576. The van der Waals surface area contributed by atoms with E-state index < -0.39 is 5.41 Å². The lowest BCUT2D eigenvalue weighted by molar-refractivity contribution is -0.125. The van der Waals surface area contributed by atoms with Gasteiger partial charge in [-0.1, -0.05) is 26.8 Å². The standard InChI is InChI=1S/C17H24N2O3/c1-5-22-11-15(20)18-13-7-6-12-8-9-19(14(12)10-13)16(21)17(2,3)4/h6-7,10H,5,8-9,11H2,1-4H3,(H,18,20). The van der Waals surface area contributed by atoms with Crippen LogP contribution in [0, 0.1) is 5.41 Å². The zero-order valence-electron chi connectivity index (χ0n) is 13.7. The van der Waals surface area contributed by atoms with Gasteiger partial charge < -0.3 is 15.0 Å². The van der Waals surface area contributed by atoms with Crippen LogP contribution in [-0.2, 0) is 20.7 Å². The molecule has 1 heterocycles. The molecule has 22 heavy (non-hydrogen) atoms. The Balaban J connectivity index is 2.16. The minimum absolute atomic E-state index is 0.0399. The van der Waals surface area contributed by atoms with Crippen LogP contribution in [0.5, 0.6) is 0 Å². The summed E-state index contributed by atoms with van der Waals surface area (Å²) in [6, 6.07) is 5.71. The first-order valence-electron chi connectivity index (χ1n) is 7.65. The number of nitrogens with zero attached hydrogens (tertiary/aromatic N) is 1. The maximum atomic E-state index is 12.5. The second kappa shape index (κ2) is 6.48. The molecule has 0 atom stereocenters. The second-order valence-corrected chi connectivity index (χ2v) is 6.49. The van der Waals surface area contributed by atoms with E-state index in [1.807, 2.05) is 50.8 Å². The Morgan fingerprint density at radius 1 is 1.32 bits per heavy atom. The van der Waals surface area contributed by atoms with Crippen molar-refractivity contribution >= 4 is 23.2 Å². The second-order valence-electron chi connectivity index (χ2n) is 6.49. The Morgan fingerprint density at radius 2 is 2.05 bits per heavy atom. The molecule has 0 unspecified atom stereocenters. The third kappa shape index (κ3) is 3.65. The molecule has 5 nitrogen and oxygen atoms in total. The first-order valence-corrected chi connectivity index (χ1v) is 7.65. The number of fused-ring (bicyclic) bond motifs is 1. The van der Waals surface area contributed by atoms with Crippen LogP contribution in [0.15, 0.2) is 18.2 Å². The van der Waals surface area contributed by atoms with Gasteiger partial charge >= 0.3 is 0 Å². The number of anilines is 2. The number of carbonyl (C=O) groups excluding carboxylic acids is 2. The predicted molar refractivity (Wildman–Crippen MR) is 87.1 cm³/mol. The zero-order valence-corrected chi connectivity index (χ0v) is 13.7. The molecule has 2 amide bonds. The first-order chi connectivity index (χ1) is 10.3. The van der Waals surface area contributed by atoms with Crippen molar-refractivity contribution in [3.63, 3.8) is 0 Å². The van der Waals surface area contributed by atoms with Crippen LogP contribution in [0.2, 0.25) is 0 Å². The van der Waals surface area contributed by atoms with E-state index in [0.29, 0.717) is 18.8 Å². The molecule has 0 radical (unpaired) electrons. The molecule has 0 aliphatic carbocycles. The average molecular weight is 304 g/mol.